The van der Waals surface area contributed by atoms with Crippen molar-refractivity contribution in [1.82, 2.24) is 14.7 Å². The van der Waals surface area contributed by atoms with Crippen LogP contribution < -0.4 is 4.74 Å². The first kappa shape index (κ1) is 30.7. The van der Waals surface area contributed by atoms with Gasteiger partial charge in [0.15, 0.2) is 0 Å². The Morgan fingerprint density at radius 1 is 0.915 bits per heavy atom. The fourth-order valence-corrected chi connectivity index (χ4v) is 5.49. The first-order chi connectivity index (χ1) is 22.8. The van der Waals surface area contributed by atoms with Crippen LogP contribution in [-0.2, 0) is 25.7 Å². The zero-order valence-corrected chi connectivity index (χ0v) is 25.8. The highest BCUT2D eigenvalue weighted by Gasteiger charge is 2.35. The summed E-state index contributed by atoms with van der Waals surface area (Å²) in [5, 5.41) is 17.0. The summed E-state index contributed by atoms with van der Waals surface area (Å²) in [6.07, 6.45) is 3.45. The lowest BCUT2D eigenvalue weighted by atomic mass is 9.93. The number of para-hydroxylation sites is 1. The van der Waals surface area contributed by atoms with Crippen molar-refractivity contribution in [2.45, 2.75) is 20.5 Å². The number of rotatable bonds is 9. The molecule has 0 radical (unpaired) electrons. The summed E-state index contributed by atoms with van der Waals surface area (Å²) in [4.78, 5) is 38.9. The smallest absolute Gasteiger partial charge is 0.302 e. The van der Waals surface area contributed by atoms with E-state index in [1.54, 1.807) is 23.9 Å². The number of fused-ring (bicyclic) bond motifs is 1. The Morgan fingerprint density at radius 2 is 1.64 bits per heavy atom. The van der Waals surface area contributed by atoms with E-state index in [-0.39, 0.29) is 29.9 Å². The highest BCUT2D eigenvalue weighted by molar-refractivity contribution is 6.19. The summed E-state index contributed by atoms with van der Waals surface area (Å²) < 4.78 is 12.8. The predicted molar refractivity (Wildman–Crippen MR) is 177 cm³/mol. The fourth-order valence-electron chi connectivity index (χ4n) is 5.49. The van der Waals surface area contributed by atoms with Crippen LogP contribution in [-0.4, -0.2) is 45.6 Å². The maximum absolute atomic E-state index is 13.6. The Hall–Kier alpha value is -6.27. The molecule has 2 amide bonds. The molecule has 1 aromatic heterocycles. The van der Waals surface area contributed by atoms with Crippen LogP contribution in [0.3, 0.4) is 0 Å². The van der Waals surface area contributed by atoms with Crippen molar-refractivity contribution in [3.63, 3.8) is 0 Å². The van der Waals surface area contributed by atoms with Crippen molar-refractivity contribution >= 4 is 34.6 Å². The number of hydrogen-bond donors (Lipinski definition) is 0. The van der Waals surface area contributed by atoms with Crippen molar-refractivity contribution < 1.29 is 23.9 Å². The van der Waals surface area contributed by atoms with Crippen LogP contribution >= 0.6 is 0 Å². The van der Waals surface area contributed by atoms with E-state index < -0.39 is 17.8 Å². The number of nitrogens with zero attached hydrogens (tertiary/aromatic N) is 4. The summed E-state index contributed by atoms with van der Waals surface area (Å²) in [5.74, 6) is -1.16. The topological polar surface area (TPSA) is 115 Å². The molecule has 232 valence electrons. The van der Waals surface area contributed by atoms with E-state index in [2.05, 4.69) is 24.3 Å². The molecular formula is C38H30N4O5. The first-order valence-corrected chi connectivity index (χ1v) is 15.0. The van der Waals surface area contributed by atoms with Crippen LogP contribution in [0.15, 0.2) is 120 Å². The lowest BCUT2D eigenvalue weighted by Gasteiger charge is -2.27. The number of esters is 1. The van der Waals surface area contributed by atoms with Crippen LogP contribution in [0.1, 0.15) is 25.0 Å². The van der Waals surface area contributed by atoms with E-state index >= 15 is 0 Å². The Morgan fingerprint density at radius 3 is 2.38 bits per heavy atom. The molecule has 0 atom stereocenters. The largest absolute Gasteiger partial charge is 0.489 e. The molecule has 0 spiro atoms. The second kappa shape index (κ2) is 13.4. The standard InChI is InChI=1S/C38H30N4O5/c1-25-34(37(44)41(19-20-46-26(2)43)38(45)35(25)22-39)21-30-23-42(31-12-4-3-5-13-31)40-36(30)28-15-17-32(18-16-28)47-24-29-11-8-10-27-9-6-7-14-33(27)29/h3-18,21,23H,19-20,24H2,1-2H3/b34-21+. The number of amides is 2. The summed E-state index contributed by atoms with van der Waals surface area (Å²) >= 11 is 0. The number of carbonyl (C=O) groups excluding carboxylic acids is 3. The van der Waals surface area contributed by atoms with Gasteiger partial charge in [-0.3, -0.25) is 19.3 Å². The van der Waals surface area contributed by atoms with Gasteiger partial charge >= 0.3 is 5.97 Å². The van der Waals surface area contributed by atoms with Crippen molar-refractivity contribution in [1.29, 1.82) is 5.26 Å². The van der Waals surface area contributed by atoms with Gasteiger partial charge in [-0.2, -0.15) is 10.4 Å². The van der Waals surface area contributed by atoms with Gasteiger partial charge in [0.2, 0.25) is 0 Å². The van der Waals surface area contributed by atoms with E-state index in [1.165, 1.54) is 6.92 Å². The van der Waals surface area contributed by atoms with Gasteiger partial charge < -0.3 is 9.47 Å². The van der Waals surface area contributed by atoms with E-state index in [4.69, 9.17) is 14.6 Å². The third-order valence-electron chi connectivity index (χ3n) is 7.91. The molecule has 0 N–H and O–H groups in total. The van der Waals surface area contributed by atoms with Crippen molar-refractivity contribution in [2.24, 2.45) is 0 Å². The quantitative estimate of drug-likeness (QED) is 0.106. The molecule has 4 aromatic carbocycles. The molecule has 5 aromatic rings. The van der Waals surface area contributed by atoms with Gasteiger partial charge in [-0.1, -0.05) is 60.7 Å². The third kappa shape index (κ3) is 6.44. The molecule has 9 nitrogen and oxygen atoms in total. The number of carbonyl (C=O) groups is 3. The second-order valence-corrected chi connectivity index (χ2v) is 10.9. The number of hydrogen-bond acceptors (Lipinski definition) is 7. The normalized spacial score (nSPS) is 14.1. The van der Waals surface area contributed by atoms with E-state index in [0.29, 0.717) is 23.6 Å². The van der Waals surface area contributed by atoms with Crippen molar-refractivity contribution in [2.75, 3.05) is 13.2 Å². The predicted octanol–water partition coefficient (Wildman–Crippen LogP) is 6.43. The van der Waals surface area contributed by atoms with Crippen LogP contribution in [0.2, 0.25) is 0 Å². The van der Waals surface area contributed by atoms with E-state index in [9.17, 15) is 19.6 Å². The summed E-state index contributed by atoms with van der Waals surface area (Å²) in [5.41, 5.74) is 4.15. The van der Waals surface area contributed by atoms with Gasteiger partial charge in [0.1, 0.15) is 30.6 Å². The van der Waals surface area contributed by atoms with E-state index in [0.717, 1.165) is 32.5 Å². The minimum absolute atomic E-state index is 0.150. The fraction of sp³-hybridized carbons (Fsp3) is 0.132. The Balaban J connectivity index is 1.34. The van der Waals surface area contributed by atoms with Crippen LogP contribution in [0, 0.1) is 11.3 Å². The van der Waals surface area contributed by atoms with Gasteiger partial charge in [0.05, 0.1) is 17.9 Å². The van der Waals surface area contributed by atoms with Gasteiger partial charge in [-0.15, -0.1) is 0 Å². The van der Waals surface area contributed by atoms with Gasteiger partial charge in [0, 0.05) is 29.8 Å². The molecule has 0 bridgehead atoms. The molecule has 1 aliphatic rings. The average Bonchev–Trinajstić information content (AvgIpc) is 3.52. The summed E-state index contributed by atoms with van der Waals surface area (Å²) in [7, 11) is 0. The monoisotopic (exact) mass is 622 g/mol. The maximum atomic E-state index is 13.6. The molecule has 1 aliphatic heterocycles. The van der Waals surface area contributed by atoms with Crippen molar-refractivity contribution in [3.8, 4) is 28.8 Å². The molecular weight excluding hydrogens is 592 g/mol. The highest BCUT2D eigenvalue weighted by Crippen LogP contribution is 2.32. The molecule has 0 fully saturated rings. The van der Waals surface area contributed by atoms with Crippen LogP contribution in [0.25, 0.3) is 33.8 Å². The van der Waals surface area contributed by atoms with Crippen molar-refractivity contribution in [3.05, 3.63) is 131 Å². The first-order valence-electron chi connectivity index (χ1n) is 15.0. The molecule has 0 aliphatic carbocycles. The number of ether oxygens (including phenoxy) is 2. The average molecular weight is 623 g/mol. The SMILES string of the molecule is CC(=O)OCCN1C(=O)C(C#N)=C(C)/C(=C\c2cn(-c3ccccc3)nc2-c2ccc(OCc3cccc4ccccc34)cc2)C1=O. The number of nitriles is 1. The van der Waals surface area contributed by atoms with Crippen LogP contribution in [0.5, 0.6) is 5.75 Å². The van der Waals surface area contributed by atoms with E-state index in [1.807, 2.05) is 78.9 Å². The Bertz CT molecular complexity index is 2100. The Kier molecular flexibility index (Phi) is 8.75. The van der Waals surface area contributed by atoms with Gasteiger partial charge in [-0.25, -0.2) is 4.68 Å². The van der Waals surface area contributed by atoms with Crippen LogP contribution in [0.4, 0.5) is 0 Å². The molecule has 0 saturated carbocycles. The van der Waals surface area contributed by atoms with Gasteiger partial charge in [0.25, 0.3) is 11.8 Å². The third-order valence-corrected chi connectivity index (χ3v) is 7.91. The lowest BCUT2D eigenvalue weighted by Crippen LogP contribution is -2.44. The minimum atomic E-state index is -0.724. The highest BCUT2D eigenvalue weighted by atomic mass is 16.5. The molecule has 0 saturated heterocycles. The zero-order chi connectivity index (χ0) is 32.9. The number of benzene rings is 4. The molecule has 47 heavy (non-hydrogen) atoms. The number of imide groups is 1. The Labute approximate surface area is 271 Å². The number of aromatic nitrogens is 2. The zero-order valence-electron chi connectivity index (χ0n) is 25.8. The molecule has 6 rings (SSSR count). The minimum Gasteiger partial charge on any atom is -0.489 e. The molecule has 2 heterocycles. The summed E-state index contributed by atoms with van der Waals surface area (Å²) in [6, 6.07) is 33.4. The maximum Gasteiger partial charge on any atom is 0.302 e. The van der Waals surface area contributed by atoms with Gasteiger partial charge in [-0.05, 0) is 71.3 Å². The summed E-state index contributed by atoms with van der Waals surface area (Å²) in [6.45, 7) is 2.87. The second-order valence-electron chi connectivity index (χ2n) is 10.9. The molecule has 9 heteroatoms. The lowest BCUT2D eigenvalue weighted by molar-refractivity contribution is -0.147. The molecule has 0 unspecified atom stereocenters.